The van der Waals surface area contributed by atoms with Crippen molar-refractivity contribution in [3.63, 3.8) is 0 Å². The Morgan fingerprint density at radius 1 is 1.40 bits per heavy atom. The molecule has 0 aliphatic carbocycles. The highest BCUT2D eigenvalue weighted by molar-refractivity contribution is 5.79. The van der Waals surface area contributed by atoms with E-state index in [1.165, 1.54) is 0 Å². The van der Waals surface area contributed by atoms with Crippen molar-refractivity contribution in [1.82, 2.24) is 9.55 Å². The summed E-state index contributed by atoms with van der Waals surface area (Å²) in [5.41, 5.74) is 8.24. The summed E-state index contributed by atoms with van der Waals surface area (Å²) in [4.78, 5) is 4.49. The third-order valence-electron chi connectivity index (χ3n) is 3.73. The summed E-state index contributed by atoms with van der Waals surface area (Å²) in [6, 6.07) is 5.61. The number of benzene rings is 1. The molecular formula is C15H23N3O2. The quantitative estimate of drug-likeness (QED) is 0.706. The van der Waals surface area contributed by atoms with Gasteiger partial charge in [0.05, 0.1) is 11.0 Å². The van der Waals surface area contributed by atoms with Gasteiger partial charge < -0.3 is 20.5 Å². The van der Waals surface area contributed by atoms with Crippen LogP contribution in [0.4, 0.5) is 5.69 Å². The maximum absolute atomic E-state index is 9.93. The Hall–Kier alpha value is -1.59. The highest BCUT2D eigenvalue weighted by Crippen LogP contribution is 2.25. The predicted molar refractivity (Wildman–Crippen MR) is 80.3 cm³/mol. The average molecular weight is 277 g/mol. The maximum Gasteiger partial charge on any atom is 0.138 e. The maximum atomic E-state index is 9.93. The van der Waals surface area contributed by atoms with E-state index in [2.05, 4.69) is 11.9 Å². The summed E-state index contributed by atoms with van der Waals surface area (Å²) >= 11 is 0. The number of nitrogen functional groups attached to an aromatic ring is 1. The first kappa shape index (κ1) is 14.8. The molecular weight excluding hydrogens is 254 g/mol. The molecule has 1 aromatic carbocycles. The molecule has 2 unspecified atom stereocenters. The Bertz CT molecular complexity index is 578. The smallest absolute Gasteiger partial charge is 0.138 e. The number of nitrogens with zero attached hydrogens (tertiary/aromatic N) is 2. The van der Waals surface area contributed by atoms with Gasteiger partial charge in [0.15, 0.2) is 0 Å². The SMILES string of the molecule is CCC(CCO)Cn1c(C(C)O)nc2cc(N)ccc21. The number of aromatic nitrogens is 2. The van der Waals surface area contributed by atoms with E-state index in [-0.39, 0.29) is 6.61 Å². The van der Waals surface area contributed by atoms with Gasteiger partial charge in [0.25, 0.3) is 0 Å². The van der Waals surface area contributed by atoms with Gasteiger partial charge in [-0.25, -0.2) is 4.98 Å². The van der Waals surface area contributed by atoms with E-state index in [0.29, 0.717) is 17.4 Å². The molecule has 5 nitrogen and oxygen atoms in total. The fourth-order valence-corrected chi connectivity index (χ4v) is 2.54. The van der Waals surface area contributed by atoms with Gasteiger partial charge in [-0.15, -0.1) is 0 Å². The van der Waals surface area contributed by atoms with Crippen molar-refractivity contribution in [2.24, 2.45) is 5.92 Å². The summed E-state index contributed by atoms with van der Waals surface area (Å²) in [5.74, 6) is 1.02. The molecule has 1 heterocycles. The van der Waals surface area contributed by atoms with E-state index < -0.39 is 6.10 Å². The predicted octanol–water partition coefficient (Wildman–Crippen LogP) is 2.08. The molecule has 2 rings (SSSR count). The number of aliphatic hydroxyl groups is 2. The van der Waals surface area contributed by atoms with Crippen LogP contribution in [0.25, 0.3) is 11.0 Å². The summed E-state index contributed by atoms with van der Waals surface area (Å²) in [7, 11) is 0. The average Bonchev–Trinajstić information content (AvgIpc) is 2.76. The Morgan fingerprint density at radius 2 is 2.15 bits per heavy atom. The topological polar surface area (TPSA) is 84.3 Å². The normalized spacial score (nSPS) is 14.6. The van der Waals surface area contributed by atoms with Crippen LogP contribution in [0.2, 0.25) is 0 Å². The lowest BCUT2D eigenvalue weighted by Gasteiger charge is -2.18. The molecule has 0 saturated heterocycles. The first-order valence-corrected chi connectivity index (χ1v) is 7.11. The molecule has 0 radical (unpaired) electrons. The first-order valence-electron chi connectivity index (χ1n) is 7.11. The second-order valence-corrected chi connectivity index (χ2v) is 5.29. The third-order valence-corrected chi connectivity index (χ3v) is 3.73. The lowest BCUT2D eigenvalue weighted by Crippen LogP contribution is -2.15. The zero-order chi connectivity index (χ0) is 14.7. The Labute approximate surface area is 119 Å². The number of rotatable bonds is 6. The largest absolute Gasteiger partial charge is 0.399 e. The summed E-state index contributed by atoms with van der Waals surface area (Å²) in [6.45, 7) is 4.76. The summed E-state index contributed by atoms with van der Waals surface area (Å²) in [6.07, 6.45) is 1.11. The van der Waals surface area contributed by atoms with Crippen LogP contribution in [0.3, 0.4) is 0 Å². The van der Waals surface area contributed by atoms with Crippen molar-refractivity contribution in [3.8, 4) is 0 Å². The van der Waals surface area contributed by atoms with Crippen molar-refractivity contribution in [3.05, 3.63) is 24.0 Å². The fraction of sp³-hybridized carbons (Fsp3) is 0.533. The number of hydrogen-bond donors (Lipinski definition) is 3. The van der Waals surface area contributed by atoms with Crippen LogP contribution < -0.4 is 5.73 Å². The van der Waals surface area contributed by atoms with Crippen LogP contribution in [-0.2, 0) is 6.54 Å². The van der Waals surface area contributed by atoms with E-state index in [1.807, 2.05) is 22.8 Å². The van der Waals surface area contributed by atoms with Gasteiger partial charge in [0.2, 0.25) is 0 Å². The Morgan fingerprint density at radius 3 is 2.75 bits per heavy atom. The molecule has 5 heteroatoms. The van der Waals surface area contributed by atoms with Crippen LogP contribution in [-0.4, -0.2) is 26.4 Å². The minimum absolute atomic E-state index is 0.183. The second kappa shape index (κ2) is 6.24. The Kier molecular flexibility index (Phi) is 4.62. The van der Waals surface area contributed by atoms with Crippen molar-refractivity contribution in [2.45, 2.75) is 39.3 Å². The zero-order valence-corrected chi connectivity index (χ0v) is 12.1. The molecule has 2 atom stereocenters. The standard InChI is InChI=1S/C15H23N3O2/c1-3-11(6-7-19)9-18-14-5-4-12(16)8-13(14)17-15(18)10(2)20/h4-5,8,10-11,19-20H,3,6-7,9,16H2,1-2H3. The third kappa shape index (κ3) is 2.94. The monoisotopic (exact) mass is 277 g/mol. The lowest BCUT2D eigenvalue weighted by molar-refractivity contribution is 0.180. The van der Waals surface area contributed by atoms with Gasteiger partial charge in [0.1, 0.15) is 11.9 Å². The minimum Gasteiger partial charge on any atom is -0.399 e. The molecule has 0 spiro atoms. The molecule has 0 fully saturated rings. The minimum atomic E-state index is -0.629. The molecule has 4 N–H and O–H groups in total. The lowest BCUT2D eigenvalue weighted by atomic mass is 10.0. The number of aliphatic hydroxyl groups excluding tert-OH is 2. The van der Waals surface area contributed by atoms with E-state index in [9.17, 15) is 5.11 Å². The van der Waals surface area contributed by atoms with Gasteiger partial charge in [-0.1, -0.05) is 13.3 Å². The van der Waals surface area contributed by atoms with Gasteiger partial charge in [-0.05, 0) is 37.5 Å². The van der Waals surface area contributed by atoms with E-state index in [0.717, 1.165) is 30.4 Å². The van der Waals surface area contributed by atoms with E-state index >= 15 is 0 Å². The summed E-state index contributed by atoms with van der Waals surface area (Å²) in [5, 5.41) is 19.1. The second-order valence-electron chi connectivity index (χ2n) is 5.29. The van der Waals surface area contributed by atoms with Gasteiger partial charge in [0, 0.05) is 18.8 Å². The van der Waals surface area contributed by atoms with E-state index in [1.54, 1.807) is 6.92 Å². The highest BCUT2D eigenvalue weighted by Gasteiger charge is 2.17. The van der Waals surface area contributed by atoms with Gasteiger partial charge in [-0.2, -0.15) is 0 Å². The van der Waals surface area contributed by atoms with Gasteiger partial charge >= 0.3 is 0 Å². The molecule has 0 amide bonds. The van der Waals surface area contributed by atoms with Crippen molar-refractivity contribution < 1.29 is 10.2 Å². The Balaban J connectivity index is 2.45. The number of hydrogen-bond acceptors (Lipinski definition) is 4. The zero-order valence-electron chi connectivity index (χ0n) is 12.1. The molecule has 0 saturated carbocycles. The van der Waals surface area contributed by atoms with Crippen molar-refractivity contribution in [2.75, 3.05) is 12.3 Å². The number of nitrogens with two attached hydrogens (primary N) is 1. The molecule has 0 bridgehead atoms. The first-order chi connectivity index (χ1) is 9.56. The van der Waals surface area contributed by atoms with Crippen LogP contribution in [0.15, 0.2) is 18.2 Å². The van der Waals surface area contributed by atoms with Crippen LogP contribution in [0, 0.1) is 5.92 Å². The molecule has 2 aromatic rings. The molecule has 1 aromatic heterocycles. The molecule has 110 valence electrons. The van der Waals surface area contributed by atoms with Crippen molar-refractivity contribution in [1.29, 1.82) is 0 Å². The highest BCUT2D eigenvalue weighted by atomic mass is 16.3. The summed E-state index contributed by atoms with van der Waals surface area (Å²) < 4.78 is 2.04. The molecule has 0 aliphatic rings. The van der Waals surface area contributed by atoms with E-state index in [4.69, 9.17) is 10.8 Å². The van der Waals surface area contributed by atoms with Crippen molar-refractivity contribution >= 4 is 16.7 Å². The van der Waals surface area contributed by atoms with Crippen LogP contribution in [0.1, 0.15) is 38.6 Å². The molecule has 20 heavy (non-hydrogen) atoms. The number of anilines is 1. The fourth-order valence-electron chi connectivity index (χ4n) is 2.54. The number of imidazole rings is 1. The number of fused-ring (bicyclic) bond motifs is 1. The molecule has 0 aliphatic heterocycles. The van der Waals surface area contributed by atoms with Crippen LogP contribution >= 0.6 is 0 Å². The van der Waals surface area contributed by atoms with Crippen LogP contribution in [0.5, 0.6) is 0 Å². The van der Waals surface area contributed by atoms with Gasteiger partial charge in [-0.3, -0.25) is 0 Å².